The van der Waals surface area contributed by atoms with Crippen LogP contribution in [0.25, 0.3) is 0 Å². The number of carbonyl (C=O) groups is 1. The summed E-state index contributed by atoms with van der Waals surface area (Å²) in [6.45, 7) is 2.04. The Hall–Kier alpha value is -1.03. The number of halogens is 1. The zero-order valence-corrected chi connectivity index (χ0v) is 13.2. The lowest BCUT2D eigenvalue weighted by Crippen LogP contribution is -2.56. The molecule has 2 aliphatic rings. The van der Waals surface area contributed by atoms with Gasteiger partial charge in [-0.2, -0.15) is 0 Å². The number of hydrogen-bond donors (Lipinski definition) is 1. The van der Waals surface area contributed by atoms with Crippen LogP contribution in [0.3, 0.4) is 0 Å². The molecule has 1 aromatic carbocycles. The van der Waals surface area contributed by atoms with E-state index in [0.717, 1.165) is 23.2 Å². The quantitative estimate of drug-likeness (QED) is 0.874. The first-order valence-corrected chi connectivity index (χ1v) is 8.17. The summed E-state index contributed by atoms with van der Waals surface area (Å²) in [5, 5.41) is 9.33. The molecule has 1 spiro atoms. The highest BCUT2D eigenvalue weighted by molar-refractivity contribution is 9.10. The van der Waals surface area contributed by atoms with E-state index < -0.39 is 5.97 Å². The van der Waals surface area contributed by atoms with Crippen molar-refractivity contribution in [1.82, 2.24) is 0 Å². The van der Waals surface area contributed by atoms with Crippen LogP contribution in [0.2, 0.25) is 0 Å². The lowest BCUT2D eigenvalue weighted by molar-refractivity contribution is 0.0696. The highest BCUT2D eigenvalue weighted by Gasteiger charge is 2.43. The molecule has 1 aliphatic carbocycles. The van der Waals surface area contributed by atoms with Crippen molar-refractivity contribution < 1.29 is 9.90 Å². The highest BCUT2D eigenvalue weighted by Crippen LogP contribution is 2.45. The van der Waals surface area contributed by atoms with E-state index in [-0.39, 0.29) is 0 Å². The van der Waals surface area contributed by atoms with E-state index in [0.29, 0.717) is 11.0 Å². The molecule has 3 rings (SSSR count). The molecule has 2 fully saturated rings. The average Bonchev–Trinajstić information content (AvgIpc) is 2.62. The fourth-order valence-electron chi connectivity index (χ4n) is 3.68. The first kappa shape index (κ1) is 13.9. The molecule has 1 aromatic rings. The zero-order chi connectivity index (χ0) is 14.2. The summed E-state index contributed by atoms with van der Waals surface area (Å²) in [6.07, 6.45) is 7.99. The molecule has 0 aromatic heterocycles. The summed E-state index contributed by atoms with van der Waals surface area (Å²) in [5.41, 5.74) is 1.73. The van der Waals surface area contributed by atoms with Gasteiger partial charge in [-0.3, -0.25) is 0 Å². The molecule has 1 N–H and O–H groups in total. The molecule has 0 bridgehead atoms. The second kappa shape index (κ2) is 5.40. The molecule has 4 heteroatoms. The maximum absolute atomic E-state index is 11.4. The Morgan fingerprint density at radius 3 is 2.40 bits per heavy atom. The van der Waals surface area contributed by atoms with Crippen molar-refractivity contribution in [3.05, 3.63) is 28.2 Å². The second-order valence-corrected chi connectivity index (χ2v) is 7.15. The van der Waals surface area contributed by atoms with Gasteiger partial charge in [0.1, 0.15) is 0 Å². The summed E-state index contributed by atoms with van der Waals surface area (Å²) in [6, 6.07) is 5.43. The smallest absolute Gasteiger partial charge is 0.337 e. The number of hydrogen-bond acceptors (Lipinski definition) is 2. The highest BCUT2D eigenvalue weighted by atomic mass is 79.9. The van der Waals surface area contributed by atoms with E-state index >= 15 is 0 Å². The number of anilines is 1. The molecule has 0 amide bonds. The van der Waals surface area contributed by atoms with E-state index in [9.17, 15) is 9.90 Å². The Balaban J connectivity index is 1.79. The van der Waals surface area contributed by atoms with E-state index in [4.69, 9.17) is 0 Å². The van der Waals surface area contributed by atoms with Crippen LogP contribution < -0.4 is 4.90 Å². The van der Waals surface area contributed by atoms with Gasteiger partial charge < -0.3 is 10.0 Å². The average molecular weight is 338 g/mol. The third-order valence-corrected chi connectivity index (χ3v) is 5.24. The fourth-order valence-corrected chi connectivity index (χ4v) is 4.02. The van der Waals surface area contributed by atoms with Gasteiger partial charge in [0.2, 0.25) is 0 Å². The van der Waals surface area contributed by atoms with E-state index in [1.807, 2.05) is 6.07 Å². The maximum Gasteiger partial charge on any atom is 0.337 e. The Kier molecular flexibility index (Phi) is 3.76. The first-order valence-electron chi connectivity index (χ1n) is 7.38. The van der Waals surface area contributed by atoms with Crippen molar-refractivity contribution in [3.8, 4) is 0 Å². The van der Waals surface area contributed by atoms with Crippen molar-refractivity contribution >= 4 is 27.6 Å². The number of nitrogens with zero attached hydrogens (tertiary/aromatic N) is 1. The predicted octanol–water partition coefficient (Wildman–Crippen LogP) is 4.31. The molecule has 20 heavy (non-hydrogen) atoms. The van der Waals surface area contributed by atoms with Gasteiger partial charge in [-0.25, -0.2) is 4.79 Å². The number of carboxylic acid groups (broad SMARTS) is 1. The topological polar surface area (TPSA) is 40.5 Å². The minimum absolute atomic E-state index is 0.414. The van der Waals surface area contributed by atoms with E-state index in [1.165, 1.54) is 38.5 Å². The standard InChI is InChI=1S/C16H20BrNO2/c17-12-5-6-13(15(19)20)14(9-12)18-10-16(11-18)7-3-1-2-4-8-16/h5-6,9H,1-4,7-8,10-11H2,(H,19,20). The lowest BCUT2D eigenvalue weighted by Gasteiger charge is -2.52. The lowest BCUT2D eigenvalue weighted by atomic mass is 9.73. The third kappa shape index (κ3) is 2.58. The zero-order valence-electron chi connectivity index (χ0n) is 11.6. The number of carboxylic acids is 1. The van der Waals surface area contributed by atoms with Gasteiger partial charge in [-0.15, -0.1) is 0 Å². The summed E-state index contributed by atoms with van der Waals surface area (Å²) in [5.74, 6) is -0.839. The van der Waals surface area contributed by atoms with E-state index in [2.05, 4.69) is 20.8 Å². The summed E-state index contributed by atoms with van der Waals surface area (Å²) in [7, 11) is 0. The molecule has 1 aliphatic heterocycles. The van der Waals surface area contributed by atoms with Crippen LogP contribution in [-0.4, -0.2) is 24.2 Å². The molecule has 1 saturated heterocycles. The Morgan fingerprint density at radius 2 is 1.80 bits per heavy atom. The van der Waals surface area contributed by atoms with Crippen molar-refractivity contribution in [2.24, 2.45) is 5.41 Å². The van der Waals surface area contributed by atoms with Crippen LogP contribution in [0, 0.1) is 5.41 Å². The summed E-state index contributed by atoms with van der Waals surface area (Å²) >= 11 is 3.45. The maximum atomic E-state index is 11.4. The third-order valence-electron chi connectivity index (χ3n) is 4.75. The van der Waals surface area contributed by atoms with E-state index in [1.54, 1.807) is 12.1 Å². The van der Waals surface area contributed by atoms with Crippen LogP contribution in [0.1, 0.15) is 48.9 Å². The van der Waals surface area contributed by atoms with Crippen LogP contribution in [0.4, 0.5) is 5.69 Å². The monoisotopic (exact) mass is 337 g/mol. The van der Waals surface area contributed by atoms with Gasteiger partial charge in [-0.1, -0.05) is 41.6 Å². The van der Waals surface area contributed by atoms with Gasteiger partial charge >= 0.3 is 5.97 Å². The SMILES string of the molecule is O=C(O)c1ccc(Br)cc1N1CC2(CCCCCC2)C1. The number of aromatic carboxylic acids is 1. The van der Waals surface area contributed by atoms with Gasteiger partial charge in [-0.05, 0) is 31.0 Å². The molecule has 108 valence electrons. The van der Waals surface area contributed by atoms with Crippen molar-refractivity contribution in [1.29, 1.82) is 0 Å². The van der Waals surface area contributed by atoms with Gasteiger partial charge in [0.15, 0.2) is 0 Å². The van der Waals surface area contributed by atoms with Crippen molar-refractivity contribution in [2.75, 3.05) is 18.0 Å². The first-order chi connectivity index (χ1) is 9.60. The minimum Gasteiger partial charge on any atom is -0.478 e. The summed E-state index contributed by atoms with van der Waals surface area (Å²) < 4.78 is 0.944. The fraction of sp³-hybridized carbons (Fsp3) is 0.562. The molecule has 0 atom stereocenters. The van der Waals surface area contributed by atoms with Crippen LogP contribution >= 0.6 is 15.9 Å². The van der Waals surface area contributed by atoms with Crippen molar-refractivity contribution in [3.63, 3.8) is 0 Å². The Bertz CT molecular complexity index is 513. The number of rotatable bonds is 2. The van der Waals surface area contributed by atoms with Gasteiger partial charge in [0, 0.05) is 23.0 Å². The largest absolute Gasteiger partial charge is 0.478 e. The summed E-state index contributed by atoms with van der Waals surface area (Å²) in [4.78, 5) is 13.6. The molecule has 1 saturated carbocycles. The van der Waals surface area contributed by atoms with Crippen LogP contribution in [0.5, 0.6) is 0 Å². The van der Waals surface area contributed by atoms with Gasteiger partial charge in [0.05, 0.1) is 11.3 Å². The molecule has 3 nitrogen and oxygen atoms in total. The number of benzene rings is 1. The molecule has 0 unspecified atom stereocenters. The Labute approximate surface area is 128 Å². The predicted molar refractivity (Wildman–Crippen MR) is 83.4 cm³/mol. The van der Waals surface area contributed by atoms with Crippen LogP contribution in [0.15, 0.2) is 22.7 Å². The molecular formula is C16H20BrNO2. The Morgan fingerprint density at radius 1 is 1.15 bits per heavy atom. The van der Waals surface area contributed by atoms with Crippen LogP contribution in [-0.2, 0) is 0 Å². The van der Waals surface area contributed by atoms with Crippen molar-refractivity contribution in [2.45, 2.75) is 38.5 Å². The molecule has 0 radical (unpaired) electrons. The second-order valence-electron chi connectivity index (χ2n) is 6.24. The minimum atomic E-state index is -0.839. The molecule has 1 heterocycles. The normalized spacial score (nSPS) is 21.4. The van der Waals surface area contributed by atoms with Gasteiger partial charge in [0.25, 0.3) is 0 Å². The molecular weight excluding hydrogens is 318 g/mol.